The van der Waals surface area contributed by atoms with Gasteiger partial charge in [-0.15, -0.1) is 0 Å². The molecule has 4 nitrogen and oxygen atoms in total. The van der Waals surface area contributed by atoms with Gasteiger partial charge in [0.05, 0.1) is 6.10 Å². The van der Waals surface area contributed by atoms with Gasteiger partial charge >= 0.3 is 0 Å². The minimum Gasteiger partial charge on any atom is -0.393 e. The van der Waals surface area contributed by atoms with Crippen LogP contribution in [0, 0.1) is 22.7 Å². The molecule has 32 heavy (non-hydrogen) atoms. The Morgan fingerprint density at radius 3 is 2.66 bits per heavy atom. The van der Waals surface area contributed by atoms with Gasteiger partial charge in [-0.05, 0) is 87.5 Å². The lowest BCUT2D eigenvalue weighted by molar-refractivity contribution is -0.138. The molecule has 6 atom stereocenters. The Morgan fingerprint density at radius 2 is 1.94 bits per heavy atom. The quantitative estimate of drug-likeness (QED) is 0.517. The molecular formula is C28H39NO3. The molecule has 0 unspecified atom stereocenters. The van der Waals surface area contributed by atoms with E-state index < -0.39 is 5.60 Å². The van der Waals surface area contributed by atoms with Crippen LogP contribution in [0.15, 0.2) is 48.1 Å². The lowest BCUT2D eigenvalue weighted by atomic mass is 9.46. The first-order valence-corrected chi connectivity index (χ1v) is 12.2. The molecule has 174 valence electrons. The summed E-state index contributed by atoms with van der Waals surface area (Å²) in [5.74, 6) is 0.104. The van der Waals surface area contributed by atoms with E-state index >= 15 is 0 Å². The molecule has 1 aliphatic heterocycles. The maximum atomic E-state index is 12.8. The summed E-state index contributed by atoms with van der Waals surface area (Å²) in [5.41, 5.74) is 2.11. The van der Waals surface area contributed by atoms with Crippen LogP contribution in [-0.4, -0.2) is 22.2 Å². The van der Waals surface area contributed by atoms with Crippen molar-refractivity contribution in [3.63, 3.8) is 0 Å². The number of aliphatic hydroxyl groups is 2. The molecule has 0 saturated heterocycles. The van der Waals surface area contributed by atoms with Gasteiger partial charge in [-0.1, -0.05) is 55.8 Å². The van der Waals surface area contributed by atoms with Crippen LogP contribution in [0.2, 0.25) is 0 Å². The average Bonchev–Trinajstić information content (AvgIpc) is 2.99. The monoisotopic (exact) mass is 437 g/mol. The van der Waals surface area contributed by atoms with Crippen molar-refractivity contribution in [1.29, 1.82) is 0 Å². The third kappa shape index (κ3) is 3.56. The predicted octanol–water partition coefficient (Wildman–Crippen LogP) is 5.71. The van der Waals surface area contributed by atoms with Gasteiger partial charge < -0.3 is 15.5 Å². The number of benzene rings is 1. The normalized spacial score (nSPS) is 38.6. The fraction of sp³-hybridized carbons (Fsp3) is 0.607. The predicted molar refractivity (Wildman–Crippen MR) is 129 cm³/mol. The summed E-state index contributed by atoms with van der Waals surface area (Å²) in [4.78, 5) is 12.8. The van der Waals surface area contributed by atoms with Crippen molar-refractivity contribution in [2.75, 3.05) is 5.32 Å². The van der Waals surface area contributed by atoms with Crippen LogP contribution in [0.3, 0.4) is 0 Å². The summed E-state index contributed by atoms with van der Waals surface area (Å²) in [7, 11) is 0. The van der Waals surface area contributed by atoms with Crippen molar-refractivity contribution in [2.45, 2.75) is 84.3 Å². The van der Waals surface area contributed by atoms with Crippen LogP contribution >= 0.6 is 0 Å². The Bertz CT molecular complexity index is 948. The number of nitrogens with one attached hydrogen (secondary N) is 1. The molecule has 0 aromatic heterocycles. The molecule has 4 heteroatoms. The maximum absolute atomic E-state index is 12.8. The summed E-state index contributed by atoms with van der Waals surface area (Å²) >= 11 is 0. The van der Waals surface area contributed by atoms with E-state index in [4.69, 9.17) is 0 Å². The van der Waals surface area contributed by atoms with Gasteiger partial charge in [0.2, 0.25) is 0 Å². The van der Waals surface area contributed by atoms with E-state index in [2.05, 4.69) is 45.7 Å². The molecular weight excluding hydrogens is 398 g/mol. The molecule has 1 aromatic rings. The number of amides is 1. The maximum Gasteiger partial charge on any atom is 0.261 e. The zero-order valence-electron chi connectivity index (χ0n) is 20.1. The van der Waals surface area contributed by atoms with E-state index in [1.807, 2.05) is 24.3 Å². The van der Waals surface area contributed by atoms with Crippen molar-refractivity contribution in [3.8, 4) is 0 Å². The van der Waals surface area contributed by atoms with Gasteiger partial charge in [-0.2, -0.15) is 0 Å². The highest BCUT2D eigenvalue weighted by Crippen LogP contribution is 2.63. The highest BCUT2D eigenvalue weighted by Gasteiger charge is 2.57. The average molecular weight is 438 g/mol. The summed E-state index contributed by atoms with van der Waals surface area (Å²) in [5, 5.41) is 25.4. The summed E-state index contributed by atoms with van der Waals surface area (Å²) in [6.07, 6.45) is 7.86. The molecule has 2 aliphatic carbocycles. The van der Waals surface area contributed by atoms with Crippen LogP contribution in [0.25, 0.3) is 0 Å². The smallest absolute Gasteiger partial charge is 0.261 e. The number of aliphatic hydroxyl groups excluding tert-OH is 1. The molecule has 3 N–H and O–H groups in total. The van der Waals surface area contributed by atoms with Crippen molar-refractivity contribution < 1.29 is 15.0 Å². The van der Waals surface area contributed by atoms with Crippen LogP contribution in [0.4, 0.5) is 5.69 Å². The lowest BCUT2D eigenvalue weighted by Crippen LogP contribution is -2.55. The number of rotatable bonds is 5. The zero-order valence-corrected chi connectivity index (χ0v) is 20.1. The molecule has 2 saturated carbocycles. The highest BCUT2D eigenvalue weighted by atomic mass is 16.3. The molecule has 0 spiro atoms. The number of fused-ring (bicyclic) bond motifs is 2. The van der Waals surface area contributed by atoms with Crippen LogP contribution in [0.1, 0.15) is 78.2 Å². The van der Waals surface area contributed by atoms with E-state index in [1.165, 1.54) is 5.57 Å². The second-order valence-corrected chi connectivity index (χ2v) is 11.2. The first kappa shape index (κ1) is 23.3. The molecule has 2 fully saturated rings. The van der Waals surface area contributed by atoms with Crippen LogP contribution in [0.5, 0.6) is 0 Å². The van der Waals surface area contributed by atoms with E-state index in [0.717, 1.165) is 44.1 Å². The summed E-state index contributed by atoms with van der Waals surface area (Å²) in [6, 6.07) is 7.44. The zero-order chi connectivity index (χ0) is 23.3. The fourth-order valence-corrected chi connectivity index (χ4v) is 7.04. The Balaban J connectivity index is 1.58. The first-order valence-electron chi connectivity index (χ1n) is 12.2. The van der Waals surface area contributed by atoms with Crippen molar-refractivity contribution >= 4 is 11.6 Å². The van der Waals surface area contributed by atoms with Crippen molar-refractivity contribution in [2.24, 2.45) is 22.7 Å². The first-order chi connectivity index (χ1) is 15.0. The van der Waals surface area contributed by atoms with E-state index in [1.54, 1.807) is 0 Å². The fourth-order valence-electron chi connectivity index (χ4n) is 7.04. The second-order valence-electron chi connectivity index (χ2n) is 11.2. The van der Waals surface area contributed by atoms with Gasteiger partial charge in [-0.3, -0.25) is 4.79 Å². The standard InChI is InChI=1S/C28H39NO3/c1-18(2)9-8-15-27(5)23-13-12-20(19(3)26(23,4)16-14-24(27)30)17-28(32)21-10-6-7-11-22(21)29-25(28)31/h6-7,9-11,20,23-24,30,32H,3,8,12-17H2,1-2,4-5H3,(H,29,31)/t20-,23+,24-,26+,27-,28+/m0/s1. The van der Waals surface area contributed by atoms with Crippen LogP contribution in [-0.2, 0) is 10.4 Å². The Kier molecular flexibility index (Phi) is 5.92. The molecule has 1 heterocycles. The third-order valence-electron chi connectivity index (χ3n) is 9.07. The summed E-state index contributed by atoms with van der Waals surface area (Å²) < 4.78 is 0. The number of para-hydroxylation sites is 1. The lowest BCUT2D eigenvalue weighted by Gasteiger charge is -2.59. The molecule has 1 amide bonds. The Morgan fingerprint density at radius 1 is 1.22 bits per heavy atom. The van der Waals surface area contributed by atoms with Crippen molar-refractivity contribution in [3.05, 3.63) is 53.6 Å². The largest absolute Gasteiger partial charge is 0.393 e. The van der Waals surface area contributed by atoms with Gasteiger partial charge in [0, 0.05) is 11.3 Å². The molecule has 0 radical (unpaired) electrons. The number of anilines is 1. The van der Waals surface area contributed by atoms with E-state index in [9.17, 15) is 15.0 Å². The number of carbonyl (C=O) groups is 1. The molecule has 4 rings (SSSR count). The number of hydrogen-bond acceptors (Lipinski definition) is 3. The highest BCUT2D eigenvalue weighted by molar-refractivity contribution is 6.04. The van der Waals surface area contributed by atoms with Gasteiger partial charge in [0.15, 0.2) is 5.60 Å². The molecule has 1 aromatic carbocycles. The third-order valence-corrected chi connectivity index (χ3v) is 9.07. The Hall–Kier alpha value is -1.91. The number of carbonyl (C=O) groups excluding carboxylic acids is 1. The molecule has 3 aliphatic rings. The SMILES string of the molecule is C=C1[C@H](C[C@]2(O)C(=O)Nc3ccccc32)CC[C@H]2[C@](C)(CCC=C(C)C)[C@@H](O)CC[C@]12C. The number of allylic oxidation sites excluding steroid dienone is 3. The van der Waals surface area contributed by atoms with Crippen molar-refractivity contribution in [1.82, 2.24) is 0 Å². The van der Waals surface area contributed by atoms with Gasteiger partial charge in [0.1, 0.15) is 0 Å². The van der Waals surface area contributed by atoms with Crippen LogP contribution < -0.4 is 5.32 Å². The molecule has 0 bridgehead atoms. The minimum atomic E-state index is -1.51. The second kappa shape index (κ2) is 8.14. The Labute approximate surface area is 192 Å². The van der Waals surface area contributed by atoms with E-state index in [-0.39, 0.29) is 28.8 Å². The topological polar surface area (TPSA) is 69.6 Å². The number of hydrogen-bond donors (Lipinski definition) is 3. The minimum absolute atomic E-state index is 0.0791. The van der Waals surface area contributed by atoms with Gasteiger partial charge in [0.25, 0.3) is 5.91 Å². The van der Waals surface area contributed by atoms with Gasteiger partial charge in [-0.25, -0.2) is 0 Å². The summed E-state index contributed by atoms with van der Waals surface area (Å²) in [6.45, 7) is 13.4. The van der Waals surface area contributed by atoms with E-state index in [0.29, 0.717) is 23.6 Å².